The molecule has 1 aliphatic rings. The van der Waals surface area contributed by atoms with Crippen LogP contribution in [0, 0.1) is 0 Å². The molecule has 1 saturated heterocycles. The van der Waals surface area contributed by atoms with Crippen LogP contribution in [0.4, 0.5) is 0 Å². The molecule has 1 heterocycles. The normalized spacial score (nSPS) is 17.7. The summed E-state index contributed by atoms with van der Waals surface area (Å²) in [6.07, 6.45) is 0.833. The van der Waals surface area contributed by atoms with E-state index in [1.165, 1.54) is 30.7 Å². The second-order valence-electron chi connectivity index (χ2n) is 7.64. The molecule has 33 heavy (non-hydrogen) atoms. The van der Waals surface area contributed by atoms with Gasteiger partial charge in [-0.2, -0.15) is 4.31 Å². The van der Waals surface area contributed by atoms with Crippen LogP contribution in [-0.4, -0.2) is 69.8 Å². The highest BCUT2D eigenvalue weighted by molar-refractivity contribution is 7.89. The van der Waals surface area contributed by atoms with Gasteiger partial charge >= 0.3 is 0 Å². The molecule has 0 bridgehead atoms. The van der Waals surface area contributed by atoms with Gasteiger partial charge in [-0.05, 0) is 37.1 Å². The van der Waals surface area contributed by atoms with E-state index in [0.29, 0.717) is 30.1 Å². The summed E-state index contributed by atoms with van der Waals surface area (Å²) < 4.78 is 43.6. The lowest BCUT2D eigenvalue weighted by atomic mass is 10.0. The van der Waals surface area contributed by atoms with Crippen LogP contribution in [0.3, 0.4) is 0 Å². The van der Waals surface area contributed by atoms with Crippen molar-refractivity contribution in [3.8, 4) is 17.2 Å². The number of aliphatic hydroxyl groups excluding tert-OH is 1. The Morgan fingerprint density at radius 2 is 1.76 bits per heavy atom. The number of benzene rings is 2. The number of nitrogens with one attached hydrogen (secondary N) is 1. The topological polar surface area (TPSA) is 114 Å². The zero-order chi connectivity index (χ0) is 23.8. The first kappa shape index (κ1) is 24.8. The van der Waals surface area contributed by atoms with Crippen LogP contribution in [0.15, 0.2) is 53.4 Å². The first-order valence-corrected chi connectivity index (χ1v) is 12.2. The molecule has 2 unspecified atom stereocenters. The predicted molar refractivity (Wildman–Crippen MR) is 122 cm³/mol. The zero-order valence-electron chi connectivity index (χ0n) is 18.8. The van der Waals surface area contributed by atoms with Gasteiger partial charge in [0.1, 0.15) is 18.8 Å². The third kappa shape index (κ3) is 5.95. The van der Waals surface area contributed by atoms with Crippen molar-refractivity contribution in [3.05, 3.63) is 48.5 Å². The lowest BCUT2D eigenvalue weighted by molar-refractivity contribution is -0.126. The lowest BCUT2D eigenvalue weighted by Crippen LogP contribution is -2.53. The van der Waals surface area contributed by atoms with E-state index in [9.17, 15) is 18.3 Å². The number of para-hydroxylation sites is 1. The standard InChI is InChI=1S/C23H30N2O7S/c1-30-20-12-8-13-21(31-2)22(20)32-16-17(26)15-24-23(27)19-11-6-7-14-25(19)33(28,29)18-9-4-3-5-10-18/h3-5,8-10,12-13,17,19,26H,6-7,11,14-16H2,1-2H3,(H,24,27). The van der Waals surface area contributed by atoms with Gasteiger partial charge in [-0.15, -0.1) is 0 Å². The van der Waals surface area contributed by atoms with E-state index in [0.717, 1.165) is 6.42 Å². The molecule has 2 aromatic carbocycles. The number of hydrogen-bond donors (Lipinski definition) is 2. The highest BCUT2D eigenvalue weighted by Crippen LogP contribution is 2.36. The van der Waals surface area contributed by atoms with Crippen LogP contribution in [0.25, 0.3) is 0 Å². The Kier molecular flexibility index (Phi) is 8.54. The number of rotatable bonds is 10. The number of methoxy groups -OCH3 is 2. The van der Waals surface area contributed by atoms with Crippen molar-refractivity contribution in [3.63, 3.8) is 0 Å². The van der Waals surface area contributed by atoms with Crippen molar-refractivity contribution in [2.45, 2.75) is 36.3 Å². The summed E-state index contributed by atoms with van der Waals surface area (Å²) in [6, 6.07) is 12.4. The summed E-state index contributed by atoms with van der Waals surface area (Å²) in [5.41, 5.74) is 0. The Balaban J connectivity index is 1.60. The summed E-state index contributed by atoms with van der Waals surface area (Å²) >= 11 is 0. The molecule has 0 saturated carbocycles. The number of ether oxygens (including phenoxy) is 3. The van der Waals surface area contributed by atoms with Crippen LogP contribution in [0.1, 0.15) is 19.3 Å². The van der Waals surface area contributed by atoms with E-state index in [1.54, 1.807) is 36.4 Å². The molecule has 10 heteroatoms. The van der Waals surface area contributed by atoms with Gasteiger partial charge in [0.15, 0.2) is 11.5 Å². The molecule has 2 atom stereocenters. The summed E-state index contributed by atoms with van der Waals surface area (Å²) in [5, 5.41) is 13.0. The minimum absolute atomic E-state index is 0.0912. The van der Waals surface area contributed by atoms with Crippen LogP contribution in [-0.2, 0) is 14.8 Å². The van der Waals surface area contributed by atoms with Gasteiger partial charge in [0, 0.05) is 13.1 Å². The van der Waals surface area contributed by atoms with Gasteiger partial charge in [0.25, 0.3) is 0 Å². The smallest absolute Gasteiger partial charge is 0.243 e. The van der Waals surface area contributed by atoms with E-state index in [2.05, 4.69) is 5.32 Å². The molecule has 3 rings (SSSR count). The van der Waals surface area contributed by atoms with Crippen molar-refractivity contribution in [1.29, 1.82) is 0 Å². The van der Waals surface area contributed by atoms with Crippen molar-refractivity contribution in [2.75, 3.05) is 33.9 Å². The first-order chi connectivity index (χ1) is 15.9. The molecular weight excluding hydrogens is 448 g/mol. The maximum Gasteiger partial charge on any atom is 0.243 e. The average Bonchev–Trinajstić information content (AvgIpc) is 2.86. The second kappa shape index (κ2) is 11.4. The average molecular weight is 479 g/mol. The molecule has 180 valence electrons. The number of amides is 1. The van der Waals surface area contributed by atoms with Crippen LogP contribution in [0.2, 0.25) is 0 Å². The van der Waals surface area contributed by atoms with Crippen molar-refractivity contribution < 1.29 is 32.5 Å². The molecule has 9 nitrogen and oxygen atoms in total. The first-order valence-electron chi connectivity index (χ1n) is 10.7. The number of carbonyl (C=O) groups is 1. The highest BCUT2D eigenvalue weighted by atomic mass is 32.2. The number of aliphatic hydroxyl groups is 1. The van der Waals surface area contributed by atoms with Gasteiger partial charge in [-0.1, -0.05) is 30.7 Å². The van der Waals surface area contributed by atoms with E-state index in [1.807, 2.05) is 0 Å². The number of carbonyl (C=O) groups excluding carboxylic acids is 1. The van der Waals surface area contributed by atoms with Crippen molar-refractivity contribution >= 4 is 15.9 Å². The van der Waals surface area contributed by atoms with Gasteiger partial charge < -0.3 is 24.6 Å². The number of nitrogens with zero attached hydrogens (tertiary/aromatic N) is 1. The third-order valence-corrected chi connectivity index (χ3v) is 7.34. The monoisotopic (exact) mass is 478 g/mol. The summed E-state index contributed by atoms with van der Waals surface area (Å²) in [4.78, 5) is 13.0. The van der Waals surface area contributed by atoms with E-state index >= 15 is 0 Å². The number of piperidine rings is 1. The Bertz CT molecular complexity index is 1010. The molecule has 0 aromatic heterocycles. The SMILES string of the molecule is COc1cccc(OC)c1OCC(O)CNC(=O)C1CCCCN1S(=O)(=O)c1ccccc1. The summed E-state index contributed by atoms with van der Waals surface area (Å²) in [7, 11) is -0.803. The van der Waals surface area contributed by atoms with Crippen LogP contribution in [0.5, 0.6) is 17.2 Å². The fourth-order valence-electron chi connectivity index (χ4n) is 3.72. The van der Waals surface area contributed by atoms with Gasteiger partial charge in [0.2, 0.25) is 21.7 Å². The Morgan fingerprint density at radius 1 is 1.09 bits per heavy atom. The number of sulfonamides is 1. The van der Waals surface area contributed by atoms with Crippen LogP contribution >= 0.6 is 0 Å². The molecule has 1 fully saturated rings. The van der Waals surface area contributed by atoms with E-state index in [4.69, 9.17) is 14.2 Å². The fourth-order valence-corrected chi connectivity index (χ4v) is 5.39. The molecule has 0 radical (unpaired) electrons. The quantitative estimate of drug-likeness (QED) is 0.535. The number of hydrogen-bond acceptors (Lipinski definition) is 7. The molecule has 1 amide bonds. The lowest BCUT2D eigenvalue weighted by Gasteiger charge is -2.33. The molecular formula is C23H30N2O7S. The minimum atomic E-state index is -3.80. The molecule has 0 spiro atoms. The maximum absolute atomic E-state index is 13.1. The van der Waals surface area contributed by atoms with E-state index in [-0.39, 0.29) is 24.6 Å². The van der Waals surface area contributed by atoms with Crippen molar-refractivity contribution in [2.24, 2.45) is 0 Å². The van der Waals surface area contributed by atoms with Gasteiger partial charge in [-0.3, -0.25) is 4.79 Å². The maximum atomic E-state index is 13.1. The van der Waals surface area contributed by atoms with Crippen molar-refractivity contribution in [1.82, 2.24) is 9.62 Å². The summed E-state index contributed by atoms with van der Waals surface area (Å²) in [6.45, 7) is 0.0638. The molecule has 1 aliphatic heterocycles. The Morgan fingerprint density at radius 3 is 2.39 bits per heavy atom. The largest absolute Gasteiger partial charge is 0.493 e. The molecule has 0 aliphatic carbocycles. The fraction of sp³-hybridized carbons (Fsp3) is 0.435. The summed E-state index contributed by atoms with van der Waals surface area (Å²) in [5.74, 6) is 0.813. The highest BCUT2D eigenvalue weighted by Gasteiger charge is 2.37. The predicted octanol–water partition coefficient (Wildman–Crippen LogP) is 1.80. The van der Waals surface area contributed by atoms with Gasteiger partial charge in [-0.25, -0.2) is 8.42 Å². The minimum Gasteiger partial charge on any atom is -0.493 e. The van der Waals surface area contributed by atoms with E-state index < -0.39 is 28.1 Å². The Hall–Kier alpha value is -2.82. The third-order valence-electron chi connectivity index (χ3n) is 5.42. The zero-order valence-corrected chi connectivity index (χ0v) is 19.6. The Labute approximate surface area is 194 Å². The second-order valence-corrected chi connectivity index (χ2v) is 9.53. The van der Waals surface area contributed by atoms with Crippen LogP contribution < -0.4 is 19.5 Å². The molecule has 2 aromatic rings. The van der Waals surface area contributed by atoms with Gasteiger partial charge in [0.05, 0.1) is 19.1 Å². The molecule has 2 N–H and O–H groups in total.